The minimum absolute atomic E-state index is 0.167. The van der Waals surface area contributed by atoms with E-state index < -0.39 is 24.0 Å². The van der Waals surface area contributed by atoms with Crippen LogP contribution in [0.1, 0.15) is 32.8 Å². The number of aromatic amines is 1. The molecular weight excluding hydrogens is 463 g/mol. The van der Waals surface area contributed by atoms with Gasteiger partial charge in [-0.25, -0.2) is 5.43 Å². The van der Waals surface area contributed by atoms with Crippen molar-refractivity contribution in [3.8, 4) is 5.75 Å². The number of hydrazone groups is 1. The highest BCUT2D eigenvalue weighted by Gasteiger charge is 2.25. The molecule has 0 radical (unpaired) electrons. The lowest BCUT2D eigenvalue weighted by Crippen LogP contribution is -2.49. The van der Waals surface area contributed by atoms with Gasteiger partial charge in [0.25, 0.3) is 11.8 Å². The van der Waals surface area contributed by atoms with Crippen LogP contribution in [0.3, 0.4) is 0 Å². The van der Waals surface area contributed by atoms with E-state index in [9.17, 15) is 9.59 Å². The molecule has 0 unspecified atom stereocenters. The van der Waals surface area contributed by atoms with Gasteiger partial charge in [-0.2, -0.15) is 5.10 Å². The fraction of sp³-hybridized carbons (Fsp3) is 0.292. The number of benzene rings is 2. The quantitative estimate of drug-likeness (QED) is 0.294. The molecule has 2 aromatic carbocycles. The molecule has 0 saturated heterocycles. The second-order valence-electron chi connectivity index (χ2n) is 8.05. The van der Waals surface area contributed by atoms with Crippen LogP contribution in [0.4, 0.5) is 0 Å². The number of halogens is 2. The number of carbonyl (C=O) groups is 2. The number of amides is 2. The maximum atomic E-state index is 12.8. The first kappa shape index (κ1) is 24.6. The normalized spacial score (nSPS) is 13.3. The van der Waals surface area contributed by atoms with Crippen LogP contribution >= 0.6 is 23.2 Å². The smallest absolute Gasteiger partial charge is 0.262 e. The van der Waals surface area contributed by atoms with Crippen molar-refractivity contribution in [1.29, 1.82) is 0 Å². The summed E-state index contributed by atoms with van der Waals surface area (Å²) in [6.45, 7) is 5.52. The molecule has 0 fully saturated rings. The average molecular weight is 489 g/mol. The lowest BCUT2D eigenvalue weighted by Gasteiger charge is -2.22. The molecule has 0 spiro atoms. The molecule has 174 valence electrons. The van der Waals surface area contributed by atoms with Crippen LogP contribution < -0.4 is 15.5 Å². The molecule has 2 amide bonds. The molecule has 0 aliphatic heterocycles. The van der Waals surface area contributed by atoms with Crippen LogP contribution in [-0.4, -0.2) is 35.2 Å². The van der Waals surface area contributed by atoms with Crippen molar-refractivity contribution in [1.82, 2.24) is 15.7 Å². The molecule has 3 N–H and O–H groups in total. The maximum absolute atomic E-state index is 12.8. The van der Waals surface area contributed by atoms with Gasteiger partial charge in [-0.3, -0.25) is 9.59 Å². The summed E-state index contributed by atoms with van der Waals surface area (Å²) in [5.74, 6) is -0.357. The second-order valence-corrected chi connectivity index (χ2v) is 8.89. The number of nitrogens with zero attached hydrogens (tertiary/aromatic N) is 1. The van der Waals surface area contributed by atoms with E-state index in [-0.39, 0.29) is 5.92 Å². The third-order valence-electron chi connectivity index (χ3n) is 4.91. The largest absolute Gasteiger partial charge is 0.479 e. The van der Waals surface area contributed by atoms with Crippen molar-refractivity contribution in [2.75, 3.05) is 0 Å². The Balaban J connectivity index is 1.62. The number of para-hydroxylation sites is 1. The van der Waals surface area contributed by atoms with Gasteiger partial charge in [-0.05, 0) is 43.5 Å². The topological polar surface area (TPSA) is 95.6 Å². The molecule has 0 aliphatic rings. The van der Waals surface area contributed by atoms with E-state index in [2.05, 4.69) is 20.8 Å². The Labute approximate surface area is 202 Å². The van der Waals surface area contributed by atoms with Gasteiger partial charge in [0.05, 0.1) is 11.2 Å². The average Bonchev–Trinajstić information content (AvgIpc) is 3.18. The lowest BCUT2D eigenvalue weighted by molar-refractivity contribution is -0.132. The van der Waals surface area contributed by atoms with Crippen LogP contribution in [0.2, 0.25) is 10.0 Å². The van der Waals surface area contributed by atoms with Gasteiger partial charge in [-0.15, -0.1) is 0 Å². The summed E-state index contributed by atoms with van der Waals surface area (Å²) in [5.41, 5.74) is 4.35. The van der Waals surface area contributed by atoms with Gasteiger partial charge in [0.2, 0.25) is 0 Å². The van der Waals surface area contributed by atoms with Crippen LogP contribution in [0.15, 0.2) is 53.8 Å². The summed E-state index contributed by atoms with van der Waals surface area (Å²) in [6.07, 6.45) is 2.95. The van der Waals surface area contributed by atoms with E-state index >= 15 is 0 Å². The third-order valence-corrected chi connectivity index (χ3v) is 5.44. The van der Waals surface area contributed by atoms with Gasteiger partial charge in [-0.1, -0.05) is 55.2 Å². The third kappa shape index (κ3) is 6.73. The lowest BCUT2D eigenvalue weighted by atomic mass is 10.0. The summed E-state index contributed by atoms with van der Waals surface area (Å²) < 4.78 is 5.65. The van der Waals surface area contributed by atoms with Crippen LogP contribution in [0.5, 0.6) is 5.75 Å². The summed E-state index contributed by atoms with van der Waals surface area (Å²) in [7, 11) is 0. The molecule has 3 rings (SSSR count). The minimum atomic E-state index is -0.874. The van der Waals surface area contributed by atoms with Crippen LogP contribution in [0.25, 0.3) is 10.9 Å². The molecule has 0 bridgehead atoms. The number of carbonyl (C=O) groups excluding carboxylic acids is 2. The summed E-state index contributed by atoms with van der Waals surface area (Å²) >= 11 is 12.0. The molecule has 1 heterocycles. The first-order valence-corrected chi connectivity index (χ1v) is 11.3. The number of rotatable bonds is 9. The number of aromatic nitrogens is 1. The Morgan fingerprint density at radius 2 is 1.88 bits per heavy atom. The van der Waals surface area contributed by atoms with Gasteiger partial charge in [0.1, 0.15) is 11.8 Å². The summed E-state index contributed by atoms with van der Waals surface area (Å²) in [6, 6.07) is 11.8. The van der Waals surface area contributed by atoms with Crippen molar-refractivity contribution in [2.24, 2.45) is 11.0 Å². The Hall–Kier alpha value is -3.03. The zero-order valence-electron chi connectivity index (χ0n) is 18.6. The van der Waals surface area contributed by atoms with Crippen molar-refractivity contribution < 1.29 is 14.3 Å². The molecule has 0 saturated carbocycles. The molecule has 3 aromatic rings. The highest BCUT2D eigenvalue weighted by Crippen LogP contribution is 2.28. The number of nitrogens with one attached hydrogen (secondary N) is 3. The van der Waals surface area contributed by atoms with Crippen LogP contribution in [0, 0.1) is 5.92 Å². The van der Waals surface area contributed by atoms with Gasteiger partial charge in [0.15, 0.2) is 6.10 Å². The summed E-state index contributed by atoms with van der Waals surface area (Å²) in [5, 5.41) is 8.58. The van der Waals surface area contributed by atoms with Crippen molar-refractivity contribution in [2.45, 2.75) is 39.3 Å². The van der Waals surface area contributed by atoms with E-state index in [4.69, 9.17) is 27.9 Å². The first-order chi connectivity index (χ1) is 15.7. The Morgan fingerprint density at radius 3 is 2.61 bits per heavy atom. The molecule has 1 aromatic heterocycles. The number of H-pyrrole nitrogens is 1. The fourth-order valence-corrected chi connectivity index (χ4v) is 3.70. The number of fused-ring (bicyclic) bond motifs is 1. The van der Waals surface area contributed by atoms with E-state index in [1.165, 1.54) is 6.07 Å². The standard InChI is InChI=1S/C24H26Cl2N4O3/c1-14(2)10-21(29-23(31)15(3)33-22-9-8-17(25)11-19(22)26)24(32)30-28-13-16-12-27-20-7-5-4-6-18(16)20/h4-9,11-15,21,27H,10H2,1-3H3,(H,29,31)(H,30,32)/b28-13-/t15-,21-/m0/s1. The maximum Gasteiger partial charge on any atom is 0.262 e. The zero-order chi connectivity index (χ0) is 24.0. The molecule has 0 aliphatic carbocycles. The van der Waals surface area contributed by atoms with E-state index in [0.29, 0.717) is 22.2 Å². The van der Waals surface area contributed by atoms with Crippen molar-refractivity contribution >= 4 is 52.1 Å². The number of ether oxygens (including phenoxy) is 1. The Bertz CT molecular complexity index is 1160. The number of hydrogen-bond acceptors (Lipinski definition) is 4. The number of hydrogen-bond donors (Lipinski definition) is 3. The molecule has 33 heavy (non-hydrogen) atoms. The zero-order valence-corrected chi connectivity index (χ0v) is 20.1. The molecular formula is C24H26Cl2N4O3. The van der Waals surface area contributed by atoms with Crippen molar-refractivity contribution in [3.05, 3.63) is 64.3 Å². The van der Waals surface area contributed by atoms with Gasteiger partial charge in [0, 0.05) is 27.7 Å². The van der Waals surface area contributed by atoms with Gasteiger partial charge < -0.3 is 15.0 Å². The highest BCUT2D eigenvalue weighted by atomic mass is 35.5. The van der Waals surface area contributed by atoms with Crippen LogP contribution in [-0.2, 0) is 9.59 Å². The van der Waals surface area contributed by atoms with E-state index in [0.717, 1.165) is 16.5 Å². The van der Waals surface area contributed by atoms with Crippen molar-refractivity contribution in [3.63, 3.8) is 0 Å². The molecule has 7 nitrogen and oxygen atoms in total. The molecule has 2 atom stereocenters. The minimum Gasteiger partial charge on any atom is -0.479 e. The predicted molar refractivity (Wildman–Crippen MR) is 132 cm³/mol. The molecule has 9 heteroatoms. The Kier molecular flexibility index (Phi) is 8.36. The predicted octanol–water partition coefficient (Wildman–Crippen LogP) is 4.92. The second kappa shape index (κ2) is 11.2. The van der Waals surface area contributed by atoms with E-state index in [1.807, 2.05) is 44.3 Å². The highest BCUT2D eigenvalue weighted by molar-refractivity contribution is 6.35. The SMILES string of the molecule is CC(C)C[C@H](NC(=O)[C@H](C)Oc1ccc(Cl)cc1Cl)C(=O)N/N=C\c1c[nH]c2ccccc12. The first-order valence-electron chi connectivity index (χ1n) is 10.6. The summed E-state index contributed by atoms with van der Waals surface area (Å²) in [4.78, 5) is 28.6. The monoisotopic (exact) mass is 488 g/mol. The van der Waals surface area contributed by atoms with Gasteiger partial charge >= 0.3 is 0 Å². The fourth-order valence-electron chi connectivity index (χ4n) is 3.25. The van der Waals surface area contributed by atoms with E-state index in [1.54, 1.807) is 25.3 Å². The Morgan fingerprint density at radius 1 is 1.12 bits per heavy atom.